The molecule has 0 spiro atoms. The molecule has 0 aliphatic carbocycles. The smallest absolute Gasteiger partial charge is 0.332 e. The highest BCUT2D eigenvalue weighted by Crippen LogP contribution is 1.92. The van der Waals surface area contributed by atoms with Crippen LogP contribution < -0.4 is 0 Å². The van der Waals surface area contributed by atoms with Crippen LogP contribution in [0.5, 0.6) is 0 Å². The molecule has 3 heteroatoms. The summed E-state index contributed by atoms with van der Waals surface area (Å²) in [6.45, 7) is -4.41. The fourth-order valence-electron chi connectivity index (χ4n) is 0.306. The minimum absolute atomic E-state index is 1.01. The first kappa shape index (κ1) is 2.35. The van der Waals surface area contributed by atoms with Crippen LogP contribution in [-0.2, 0) is 14.3 Å². The highest BCUT2D eigenvalue weighted by atomic mass is 16.6. The molecule has 0 aromatic carbocycles. The van der Waals surface area contributed by atoms with Gasteiger partial charge in [-0.25, -0.2) is 4.79 Å². The van der Waals surface area contributed by atoms with Gasteiger partial charge in [0.2, 0.25) is 0 Å². The van der Waals surface area contributed by atoms with Gasteiger partial charge >= 0.3 is 5.97 Å². The maximum atomic E-state index is 10.7. The molecule has 3 nitrogen and oxygen atoms in total. The number of hydrogen-bond acceptors (Lipinski definition) is 3. The van der Waals surface area contributed by atoms with Gasteiger partial charge in [0.05, 0.1) is 17.3 Å². The molecular weight excluding hydrogens is 108 g/mol. The molecule has 0 saturated carbocycles. The lowest BCUT2D eigenvalue weighted by molar-refractivity contribution is -0.145. The van der Waals surface area contributed by atoms with Crippen LogP contribution in [0.25, 0.3) is 0 Å². The molecular formula is C5H8O3. The first-order valence-corrected chi connectivity index (χ1v) is 2.07. The Labute approximate surface area is 53.2 Å². The van der Waals surface area contributed by atoms with Gasteiger partial charge in [-0.15, -0.1) is 0 Å². The van der Waals surface area contributed by atoms with E-state index in [4.69, 9.17) is 5.48 Å². The van der Waals surface area contributed by atoms with Gasteiger partial charge in [-0.1, -0.05) is 0 Å². The second kappa shape index (κ2) is 2.67. The minimum atomic E-state index is -1.60. The predicted octanol–water partition coefficient (Wildman–Crippen LogP) is -0.0501. The van der Waals surface area contributed by atoms with Gasteiger partial charge in [0.15, 0.2) is 0 Å². The van der Waals surface area contributed by atoms with E-state index < -0.39 is 32.1 Å². The van der Waals surface area contributed by atoms with E-state index in [2.05, 4.69) is 9.47 Å². The number of hydrogen-bond donors (Lipinski definition) is 0. The van der Waals surface area contributed by atoms with Crippen molar-refractivity contribution in [3.63, 3.8) is 0 Å². The van der Waals surface area contributed by atoms with Gasteiger partial charge in [0.25, 0.3) is 0 Å². The Bertz CT molecular complexity index is 188. The Hall–Kier alpha value is -0.570. The van der Waals surface area contributed by atoms with Crippen LogP contribution in [0.3, 0.4) is 0 Å². The van der Waals surface area contributed by atoms with Gasteiger partial charge in [-0.2, -0.15) is 0 Å². The highest BCUT2D eigenvalue weighted by molar-refractivity contribution is 5.70. The summed E-state index contributed by atoms with van der Waals surface area (Å²) >= 11 is 0. The van der Waals surface area contributed by atoms with Crippen molar-refractivity contribution in [2.45, 2.75) is 6.40 Å². The summed E-state index contributed by atoms with van der Waals surface area (Å²) in [6.07, 6.45) is -1.27. The Morgan fingerprint density at radius 3 is 3.38 bits per heavy atom. The number of carbonyl (C=O) groups is 1. The summed E-state index contributed by atoms with van der Waals surface area (Å²) in [7, 11) is 0. The van der Waals surface area contributed by atoms with E-state index in [1.807, 2.05) is 0 Å². The molecule has 8 heavy (non-hydrogen) atoms. The third-order valence-corrected chi connectivity index (χ3v) is 0.584. The van der Waals surface area contributed by atoms with Crippen LogP contribution in [0.2, 0.25) is 0 Å². The van der Waals surface area contributed by atoms with Crippen LogP contribution in [-0.4, -0.2) is 25.7 Å². The summed E-state index contributed by atoms with van der Waals surface area (Å²) < 4.78 is 37.0. The number of carbonyl (C=O) groups excluding carboxylic acids is 1. The van der Waals surface area contributed by atoms with Crippen LogP contribution in [0, 0.1) is 0 Å². The van der Waals surface area contributed by atoms with Crippen LogP contribution in [0.4, 0.5) is 0 Å². The number of ether oxygens (including phenoxy) is 2. The molecule has 1 saturated heterocycles. The number of rotatable bonds is 0. The standard InChI is InChI=1S/C5H8O3/c6-5-4-7-2-1-3-8-5/h1-4H2/i1D,2D,3D,4D. The molecule has 1 rings (SSSR count). The number of esters is 1. The van der Waals surface area contributed by atoms with Crippen molar-refractivity contribution in [1.82, 2.24) is 0 Å². The minimum Gasteiger partial charge on any atom is -0.464 e. The van der Waals surface area contributed by atoms with Crippen molar-refractivity contribution < 1.29 is 19.8 Å². The molecule has 0 aromatic heterocycles. The lowest BCUT2D eigenvalue weighted by Crippen LogP contribution is -2.07. The van der Waals surface area contributed by atoms with E-state index in [0.29, 0.717) is 0 Å². The zero-order chi connectivity index (χ0) is 9.30. The van der Waals surface area contributed by atoms with Gasteiger partial charge in [0.1, 0.15) is 6.58 Å². The van der Waals surface area contributed by atoms with Crippen molar-refractivity contribution in [2.24, 2.45) is 0 Å². The third kappa shape index (κ3) is 1.50. The normalized spacial score (nSPS) is 65.8. The molecule has 1 heterocycles. The Balaban J connectivity index is 2.71. The van der Waals surface area contributed by atoms with Crippen molar-refractivity contribution >= 4 is 5.97 Å². The fraction of sp³-hybridized carbons (Fsp3) is 0.800. The van der Waals surface area contributed by atoms with Crippen molar-refractivity contribution in [3.8, 4) is 0 Å². The molecule has 1 aliphatic heterocycles. The predicted molar refractivity (Wildman–Crippen MR) is 26.4 cm³/mol. The topological polar surface area (TPSA) is 35.5 Å². The molecule has 0 N–H and O–H groups in total. The molecule has 0 bridgehead atoms. The van der Waals surface area contributed by atoms with E-state index in [1.54, 1.807) is 0 Å². The molecule has 1 aliphatic rings. The zero-order valence-corrected chi connectivity index (χ0v) is 4.03. The van der Waals surface area contributed by atoms with Crippen molar-refractivity contribution in [2.75, 3.05) is 19.7 Å². The average molecular weight is 120 g/mol. The van der Waals surface area contributed by atoms with E-state index in [0.717, 1.165) is 0 Å². The summed E-state index contributed by atoms with van der Waals surface area (Å²) in [5.41, 5.74) is 0. The summed E-state index contributed by atoms with van der Waals surface area (Å²) in [5.74, 6) is -1.01. The molecule has 0 amide bonds. The maximum absolute atomic E-state index is 10.7. The van der Waals surface area contributed by atoms with E-state index in [9.17, 15) is 4.79 Å². The van der Waals surface area contributed by atoms with Gasteiger partial charge in [-0.05, 0) is 0 Å². The lowest BCUT2D eigenvalue weighted by atomic mass is 10.5. The first-order chi connectivity index (χ1) is 5.52. The quantitative estimate of drug-likeness (QED) is 0.420. The monoisotopic (exact) mass is 120 g/mol. The Morgan fingerprint density at radius 1 is 1.62 bits per heavy atom. The molecule has 4 atom stereocenters. The van der Waals surface area contributed by atoms with Gasteiger partial charge in [0, 0.05) is 7.77 Å². The molecule has 0 radical (unpaired) electrons. The maximum Gasteiger partial charge on any atom is 0.332 e. The highest BCUT2D eigenvalue weighted by Gasteiger charge is 2.05. The summed E-state index contributed by atoms with van der Waals surface area (Å²) in [5, 5.41) is 0. The van der Waals surface area contributed by atoms with E-state index in [-0.39, 0.29) is 0 Å². The fourth-order valence-corrected chi connectivity index (χ4v) is 0.306. The summed E-state index contributed by atoms with van der Waals surface area (Å²) in [6, 6.07) is 0. The zero-order valence-electron chi connectivity index (χ0n) is 8.03. The van der Waals surface area contributed by atoms with Gasteiger partial charge in [-0.3, -0.25) is 0 Å². The van der Waals surface area contributed by atoms with Crippen molar-refractivity contribution in [1.29, 1.82) is 0 Å². The lowest BCUT2D eigenvalue weighted by Gasteiger charge is -1.92. The van der Waals surface area contributed by atoms with E-state index >= 15 is 0 Å². The molecule has 4 unspecified atom stereocenters. The molecule has 1 fully saturated rings. The Morgan fingerprint density at radius 2 is 2.50 bits per heavy atom. The van der Waals surface area contributed by atoms with Crippen LogP contribution in [0.15, 0.2) is 0 Å². The van der Waals surface area contributed by atoms with Crippen molar-refractivity contribution in [3.05, 3.63) is 0 Å². The van der Waals surface area contributed by atoms with E-state index in [1.165, 1.54) is 0 Å². The first-order valence-electron chi connectivity index (χ1n) is 4.38. The van der Waals surface area contributed by atoms with Gasteiger partial charge < -0.3 is 9.47 Å². The SMILES string of the molecule is [2H]C1OC([2H])C([2H])C([2H])OC1=O. The third-order valence-electron chi connectivity index (χ3n) is 0.584. The second-order valence-corrected chi connectivity index (χ2v) is 1.16. The van der Waals surface area contributed by atoms with Crippen LogP contribution in [0.1, 0.15) is 11.9 Å². The second-order valence-electron chi connectivity index (χ2n) is 1.16. The molecule has 0 aromatic rings. The molecule has 46 valence electrons. The number of cyclic esters (lactones) is 1. The Kier molecular flexibility index (Phi) is 0.784. The van der Waals surface area contributed by atoms with Crippen LogP contribution >= 0.6 is 0 Å². The summed E-state index contributed by atoms with van der Waals surface area (Å²) in [4.78, 5) is 10.7. The average Bonchev–Trinajstić information content (AvgIpc) is 2.07. The largest absolute Gasteiger partial charge is 0.464 e.